The van der Waals surface area contributed by atoms with Crippen molar-refractivity contribution in [2.24, 2.45) is 0 Å². The monoisotopic (exact) mass is 203 g/mol. The maximum absolute atomic E-state index is 4.13. The van der Waals surface area contributed by atoms with Crippen molar-refractivity contribution in [3.63, 3.8) is 0 Å². The summed E-state index contributed by atoms with van der Waals surface area (Å²) in [6, 6.07) is 7.83. The van der Waals surface area contributed by atoms with Gasteiger partial charge in [0.1, 0.15) is 0 Å². The summed E-state index contributed by atoms with van der Waals surface area (Å²) >= 11 is 4.04. The second-order valence-electron chi connectivity index (χ2n) is 2.23. The van der Waals surface area contributed by atoms with Crippen LogP contribution in [0.2, 0.25) is 0 Å². The zero-order valence-corrected chi connectivity index (χ0v) is 6.62. The van der Waals surface area contributed by atoms with Crippen LogP contribution < -0.4 is 0 Å². The first-order valence-electron chi connectivity index (χ1n) is 3.27. The minimum atomic E-state index is 0. The number of rotatable bonds is 0. The quantitative estimate of drug-likeness (QED) is 0.398. The Kier molecular flexibility index (Phi) is 4.15. The second kappa shape index (κ2) is 4.69. The van der Waals surface area contributed by atoms with Gasteiger partial charge in [-0.2, -0.15) is 0 Å². The average Bonchev–Trinajstić information content (AvgIpc) is 2.04. The van der Waals surface area contributed by atoms with E-state index < -0.39 is 0 Å². The molecule has 0 atom stereocenters. The Morgan fingerprint density at radius 2 is 2.00 bits per heavy atom. The molecule has 0 saturated carbocycles. The molecular formula is C8H8KN2S+. The first-order valence-corrected chi connectivity index (χ1v) is 3.72. The summed E-state index contributed by atoms with van der Waals surface area (Å²) in [6.07, 6.45) is 1.77. The molecule has 0 aliphatic heterocycles. The molecule has 2 aromatic rings. The SMILES string of the molecule is Sc1ncc2ccccc2n1.[H+].[KH]. The van der Waals surface area contributed by atoms with Gasteiger partial charge in [0, 0.05) is 11.6 Å². The Labute approximate surface area is 120 Å². The van der Waals surface area contributed by atoms with Crippen molar-refractivity contribution < 1.29 is 1.43 Å². The molecule has 0 spiro atoms. The van der Waals surface area contributed by atoms with Crippen LogP contribution in [0.5, 0.6) is 0 Å². The molecule has 0 unspecified atom stereocenters. The fourth-order valence-corrected chi connectivity index (χ4v) is 1.13. The van der Waals surface area contributed by atoms with Crippen molar-refractivity contribution in [1.29, 1.82) is 0 Å². The van der Waals surface area contributed by atoms with Crippen molar-refractivity contribution in [2.45, 2.75) is 5.16 Å². The van der Waals surface area contributed by atoms with Gasteiger partial charge < -0.3 is 0 Å². The van der Waals surface area contributed by atoms with Gasteiger partial charge in [-0.3, -0.25) is 0 Å². The fourth-order valence-electron chi connectivity index (χ4n) is 0.962. The molecular weight excluding hydrogens is 195 g/mol. The fraction of sp³-hybridized carbons (Fsp3) is 0. The minimum absolute atomic E-state index is 0. The molecule has 0 amide bonds. The van der Waals surface area contributed by atoms with Gasteiger partial charge in [0.2, 0.25) is 0 Å². The molecule has 0 bridgehead atoms. The molecule has 0 aliphatic carbocycles. The number of benzene rings is 1. The third-order valence-electron chi connectivity index (χ3n) is 1.48. The first-order chi connectivity index (χ1) is 5.36. The van der Waals surface area contributed by atoms with Gasteiger partial charge >= 0.3 is 52.8 Å². The number of fused-ring (bicyclic) bond motifs is 1. The number of hydrogen-bond donors (Lipinski definition) is 1. The molecule has 0 N–H and O–H groups in total. The second-order valence-corrected chi connectivity index (χ2v) is 2.63. The van der Waals surface area contributed by atoms with Gasteiger partial charge in [0.05, 0.1) is 5.52 Å². The van der Waals surface area contributed by atoms with E-state index in [1.165, 1.54) is 0 Å². The van der Waals surface area contributed by atoms with Crippen LogP contribution >= 0.6 is 12.6 Å². The van der Waals surface area contributed by atoms with E-state index in [0.717, 1.165) is 10.9 Å². The van der Waals surface area contributed by atoms with E-state index in [0.29, 0.717) is 5.16 Å². The Morgan fingerprint density at radius 3 is 2.83 bits per heavy atom. The molecule has 2 rings (SSSR count). The van der Waals surface area contributed by atoms with Gasteiger partial charge in [-0.25, -0.2) is 9.97 Å². The molecule has 0 aliphatic rings. The number of thiol groups is 1. The Balaban J connectivity index is 0.000000720. The van der Waals surface area contributed by atoms with Crippen molar-refractivity contribution in [3.8, 4) is 0 Å². The molecule has 0 radical (unpaired) electrons. The number of aromatic nitrogens is 2. The molecule has 1 aromatic carbocycles. The van der Waals surface area contributed by atoms with E-state index in [-0.39, 0.29) is 52.8 Å². The third kappa shape index (κ3) is 2.28. The summed E-state index contributed by atoms with van der Waals surface area (Å²) in [5, 5.41) is 1.56. The van der Waals surface area contributed by atoms with Gasteiger partial charge in [-0.1, -0.05) is 18.2 Å². The van der Waals surface area contributed by atoms with Crippen molar-refractivity contribution in [2.75, 3.05) is 0 Å². The van der Waals surface area contributed by atoms with E-state index in [9.17, 15) is 0 Å². The third-order valence-corrected chi connectivity index (χ3v) is 1.69. The zero-order chi connectivity index (χ0) is 7.68. The summed E-state index contributed by atoms with van der Waals surface area (Å²) in [4.78, 5) is 8.09. The summed E-state index contributed by atoms with van der Waals surface area (Å²) in [7, 11) is 0. The number of hydrogen-bond acceptors (Lipinski definition) is 3. The predicted octanol–water partition coefficient (Wildman–Crippen LogP) is 1.38. The summed E-state index contributed by atoms with van der Waals surface area (Å²) in [5.74, 6) is 0. The van der Waals surface area contributed by atoms with Crippen molar-refractivity contribution in [1.82, 2.24) is 9.97 Å². The van der Waals surface area contributed by atoms with E-state index in [1.807, 2.05) is 24.3 Å². The van der Waals surface area contributed by atoms with Crippen LogP contribution in [-0.4, -0.2) is 61.4 Å². The number of nitrogens with zero attached hydrogens (tertiary/aromatic N) is 2. The molecule has 12 heavy (non-hydrogen) atoms. The van der Waals surface area contributed by atoms with Gasteiger partial charge in [0.25, 0.3) is 0 Å². The standard InChI is InChI=1S/C8H6N2S.K.H/c11-8-9-5-6-3-1-2-4-7(6)10-8;;/h1-5H,(H,9,10,11);;/p+1. The Morgan fingerprint density at radius 1 is 1.25 bits per heavy atom. The topological polar surface area (TPSA) is 25.8 Å². The summed E-state index contributed by atoms with van der Waals surface area (Å²) < 4.78 is 0. The van der Waals surface area contributed by atoms with Gasteiger partial charge in [-0.05, 0) is 6.07 Å². The van der Waals surface area contributed by atoms with Crippen molar-refractivity contribution in [3.05, 3.63) is 30.5 Å². The summed E-state index contributed by atoms with van der Waals surface area (Å²) in [5.41, 5.74) is 0.938. The van der Waals surface area contributed by atoms with Crippen LogP contribution in [-0.2, 0) is 0 Å². The predicted molar refractivity (Wildman–Crippen MR) is 55.1 cm³/mol. The van der Waals surface area contributed by atoms with Crippen LogP contribution in [0.1, 0.15) is 1.43 Å². The number of para-hydroxylation sites is 1. The molecule has 1 heterocycles. The van der Waals surface area contributed by atoms with E-state index in [2.05, 4.69) is 22.6 Å². The molecule has 2 nitrogen and oxygen atoms in total. The zero-order valence-electron chi connectivity index (χ0n) is 6.73. The van der Waals surface area contributed by atoms with Crippen LogP contribution in [0.25, 0.3) is 10.9 Å². The molecule has 56 valence electrons. The van der Waals surface area contributed by atoms with E-state index >= 15 is 0 Å². The van der Waals surface area contributed by atoms with Crippen LogP contribution in [0.15, 0.2) is 35.6 Å². The van der Waals surface area contributed by atoms with Crippen LogP contribution in [0.3, 0.4) is 0 Å². The molecule has 0 fully saturated rings. The average molecular weight is 203 g/mol. The van der Waals surface area contributed by atoms with Gasteiger partial charge in [-0.15, -0.1) is 12.6 Å². The maximum atomic E-state index is 4.13. The molecule has 4 heteroatoms. The Bertz CT molecular complexity index is 397. The molecule has 1 aromatic heterocycles. The van der Waals surface area contributed by atoms with Crippen LogP contribution in [0, 0.1) is 0 Å². The van der Waals surface area contributed by atoms with Crippen molar-refractivity contribution >= 4 is 74.9 Å². The van der Waals surface area contributed by atoms with E-state index in [1.54, 1.807) is 6.20 Å². The molecule has 0 saturated heterocycles. The Hall–Kier alpha value is 0.546. The van der Waals surface area contributed by atoms with E-state index in [4.69, 9.17) is 0 Å². The summed E-state index contributed by atoms with van der Waals surface area (Å²) in [6.45, 7) is 0. The normalized spacial score (nSPS) is 9.42. The first kappa shape index (κ1) is 10.6. The van der Waals surface area contributed by atoms with Crippen LogP contribution in [0.4, 0.5) is 0 Å². The van der Waals surface area contributed by atoms with Gasteiger partial charge in [0.15, 0.2) is 5.16 Å².